The number of aldehydes is 1. The molecule has 2 fully saturated rings. The van der Waals surface area contributed by atoms with Crippen molar-refractivity contribution >= 4 is 6.29 Å². The minimum absolute atomic E-state index is 0.247. The standard InChI is InChI=1S/C13H18O/c1-9-3-5-11(8-14)7-13-10(2)4-6-12(9)13/h8,11-13H,1-7H2. The Morgan fingerprint density at radius 3 is 2.43 bits per heavy atom. The molecule has 0 radical (unpaired) electrons. The summed E-state index contributed by atoms with van der Waals surface area (Å²) in [4.78, 5) is 10.9. The minimum atomic E-state index is 0.247. The zero-order valence-electron chi connectivity index (χ0n) is 8.67. The second-order valence-corrected chi connectivity index (χ2v) is 4.74. The first-order valence-electron chi connectivity index (χ1n) is 5.53. The summed E-state index contributed by atoms with van der Waals surface area (Å²) < 4.78 is 0. The van der Waals surface area contributed by atoms with Gasteiger partial charge < -0.3 is 4.79 Å². The smallest absolute Gasteiger partial charge is 0.123 e. The van der Waals surface area contributed by atoms with Crippen LogP contribution in [0, 0.1) is 17.8 Å². The zero-order valence-corrected chi connectivity index (χ0v) is 8.67. The molecule has 0 aromatic heterocycles. The monoisotopic (exact) mass is 190 g/mol. The average Bonchev–Trinajstić information content (AvgIpc) is 2.45. The van der Waals surface area contributed by atoms with Crippen LogP contribution in [-0.2, 0) is 4.79 Å². The van der Waals surface area contributed by atoms with E-state index in [0.29, 0.717) is 11.8 Å². The van der Waals surface area contributed by atoms with Crippen molar-refractivity contribution in [3.8, 4) is 0 Å². The van der Waals surface area contributed by atoms with Gasteiger partial charge in [-0.15, -0.1) is 0 Å². The number of rotatable bonds is 1. The highest BCUT2D eigenvalue weighted by Crippen LogP contribution is 2.46. The molecule has 0 heterocycles. The van der Waals surface area contributed by atoms with Gasteiger partial charge in [-0.05, 0) is 43.9 Å². The number of hydrogen-bond donors (Lipinski definition) is 0. The lowest BCUT2D eigenvalue weighted by atomic mass is 9.85. The molecule has 2 rings (SSSR count). The van der Waals surface area contributed by atoms with Crippen molar-refractivity contribution < 1.29 is 4.79 Å². The van der Waals surface area contributed by atoms with E-state index in [1.54, 1.807) is 0 Å². The molecule has 3 unspecified atom stereocenters. The molecule has 0 N–H and O–H groups in total. The van der Waals surface area contributed by atoms with Crippen molar-refractivity contribution in [2.75, 3.05) is 0 Å². The maximum Gasteiger partial charge on any atom is 0.123 e. The summed E-state index contributed by atoms with van der Waals surface area (Å²) in [5, 5.41) is 0. The van der Waals surface area contributed by atoms with Gasteiger partial charge in [0, 0.05) is 5.92 Å². The van der Waals surface area contributed by atoms with Crippen molar-refractivity contribution in [1.82, 2.24) is 0 Å². The summed E-state index contributed by atoms with van der Waals surface area (Å²) in [5.74, 6) is 1.43. The highest BCUT2D eigenvalue weighted by molar-refractivity contribution is 5.54. The molecular weight excluding hydrogens is 172 g/mol. The third kappa shape index (κ3) is 1.56. The van der Waals surface area contributed by atoms with Crippen LogP contribution in [0.15, 0.2) is 24.3 Å². The highest BCUT2D eigenvalue weighted by Gasteiger charge is 2.35. The summed E-state index contributed by atoms with van der Waals surface area (Å²) in [6.45, 7) is 8.29. The maximum atomic E-state index is 10.9. The van der Waals surface area contributed by atoms with Gasteiger partial charge in [-0.3, -0.25) is 0 Å². The molecule has 0 bridgehead atoms. The second kappa shape index (κ2) is 3.72. The van der Waals surface area contributed by atoms with Gasteiger partial charge in [-0.1, -0.05) is 24.3 Å². The van der Waals surface area contributed by atoms with Gasteiger partial charge in [0.05, 0.1) is 0 Å². The fourth-order valence-electron chi connectivity index (χ4n) is 2.96. The molecule has 1 nitrogen and oxygen atoms in total. The summed E-state index contributed by atoms with van der Waals surface area (Å²) in [6, 6.07) is 0. The normalized spacial score (nSPS) is 37.9. The van der Waals surface area contributed by atoms with Crippen LogP contribution in [0.25, 0.3) is 0 Å². The van der Waals surface area contributed by atoms with Crippen molar-refractivity contribution in [3.63, 3.8) is 0 Å². The third-order valence-corrected chi connectivity index (χ3v) is 3.90. The van der Waals surface area contributed by atoms with E-state index in [-0.39, 0.29) is 5.92 Å². The lowest BCUT2D eigenvalue weighted by Gasteiger charge is -2.19. The summed E-state index contributed by atoms with van der Waals surface area (Å²) in [7, 11) is 0. The van der Waals surface area contributed by atoms with Gasteiger partial charge in [-0.2, -0.15) is 0 Å². The van der Waals surface area contributed by atoms with E-state index in [1.807, 2.05) is 0 Å². The largest absolute Gasteiger partial charge is 0.303 e. The molecule has 0 saturated heterocycles. The molecule has 0 spiro atoms. The van der Waals surface area contributed by atoms with Crippen LogP contribution in [0.2, 0.25) is 0 Å². The number of allylic oxidation sites excluding steroid dienone is 2. The fourth-order valence-corrected chi connectivity index (χ4v) is 2.96. The Kier molecular flexibility index (Phi) is 2.58. The first-order valence-corrected chi connectivity index (χ1v) is 5.53. The molecule has 2 aliphatic carbocycles. The van der Waals surface area contributed by atoms with E-state index < -0.39 is 0 Å². The Labute approximate surface area is 85.9 Å². The van der Waals surface area contributed by atoms with E-state index >= 15 is 0 Å². The van der Waals surface area contributed by atoms with Crippen LogP contribution < -0.4 is 0 Å². The molecule has 2 saturated carbocycles. The topological polar surface area (TPSA) is 17.1 Å². The van der Waals surface area contributed by atoms with E-state index in [2.05, 4.69) is 13.2 Å². The van der Waals surface area contributed by atoms with Crippen LogP contribution in [0.1, 0.15) is 32.1 Å². The quantitative estimate of drug-likeness (QED) is 0.458. The number of hydrogen-bond acceptors (Lipinski definition) is 1. The van der Waals surface area contributed by atoms with E-state index in [0.717, 1.165) is 32.0 Å². The Morgan fingerprint density at radius 1 is 1.07 bits per heavy atom. The molecule has 0 amide bonds. The number of fused-ring (bicyclic) bond motifs is 1. The molecule has 76 valence electrons. The van der Waals surface area contributed by atoms with Crippen LogP contribution >= 0.6 is 0 Å². The molecule has 3 atom stereocenters. The summed E-state index contributed by atoms with van der Waals surface area (Å²) in [6.07, 6.45) is 6.54. The molecular formula is C13H18O. The first kappa shape index (κ1) is 9.70. The van der Waals surface area contributed by atoms with Crippen LogP contribution in [0.3, 0.4) is 0 Å². The Hall–Kier alpha value is -0.850. The molecule has 14 heavy (non-hydrogen) atoms. The fraction of sp³-hybridized carbons (Fsp3) is 0.615. The summed E-state index contributed by atoms with van der Waals surface area (Å²) >= 11 is 0. The predicted molar refractivity (Wildman–Crippen MR) is 57.9 cm³/mol. The van der Waals surface area contributed by atoms with Crippen LogP contribution in [0.5, 0.6) is 0 Å². The lowest BCUT2D eigenvalue weighted by Crippen LogP contribution is -2.12. The Bertz CT molecular complexity index is 277. The van der Waals surface area contributed by atoms with Gasteiger partial charge >= 0.3 is 0 Å². The average molecular weight is 190 g/mol. The minimum Gasteiger partial charge on any atom is -0.303 e. The predicted octanol–water partition coefficient (Wildman–Crippen LogP) is 3.12. The highest BCUT2D eigenvalue weighted by atomic mass is 16.1. The number of carbonyl (C=O) groups excluding carboxylic acids is 1. The van der Waals surface area contributed by atoms with E-state index in [4.69, 9.17) is 0 Å². The molecule has 0 aromatic rings. The SMILES string of the molecule is C=C1CCC(C=O)CC2C(=C)CCC12. The van der Waals surface area contributed by atoms with Gasteiger partial charge in [0.2, 0.25) is 0 Å². The zero-order chi connectivity index (χ0) is 10.1. The van der Waals surface area contributed by atoms with Crippen molar-refractivity contribution in [2.45, 2.75) is 32.1 Å². The van der Waals surface area contributed by atoms with Gasteiger partial charge in [0.25, 0.3) is 0 Å². The third-order valence-electron chi connectivity index (χ3n) is 3.90. The maximum absolute atomic E-state index is 10.9. The molecule has 0 aromatic carbocycles. The second-order valence-electron chi connectivity index (χ2n) is 4.74. The van der Waals surface area contributed by atoms with Gasteiger partial charge in [-0.25, -0.2) is 0 Å². The first-order chi connectivity index (χ1) is 6.72. The molecule has 0 aliphatic heterocycles. The lowest BCUT2D eigenvalue weighted by molar-refractivity contribution is -0.111. The molecule has 1 heteroatoms. The van der Waals surface area contributed by atoms with Crippen molar-refractivity contribution in [2.24, 2.45) is 17.8 Å². The van der Waals surface area contributed by atoms with Crippen LogP contribution in [0.4, 0.5) is 0 Å². The van der Waals surface area contributed by atoms with E-state index in [1.165, 1.54) is 17.6 Å². The van der Waals surface area contributed by atoms with Gasteiger partial charge in [0.15, 0.2) is 0 Å². The summed E-state index contributed by atoms with van der Waals surface area (Å²) in [5.41, 5.74) is 2.71. The number of carbonyl (C=O) groups is 1. The van der Waals surface area contributed by atoms with Crippen molar-refractivity contribution in [3.05, 3.63) is 24.3 Å². The van der Waals surface area contributed by atoms with Crippen LogP contribution in [-0.4, -0.2) is 6.29 Å². The Morgan fingerprint density at radius 2 is 1.71 bits per heavy atom. The van der Waals surface area contributed by atoms with Crippen molar-refractivity contribution in [1.29, 1.82) is 0 Å². The molecule has 2 aliphatic rings. The van der Waals surface area contributed by atoms with Gasteiger partial charge in [0.1, 0.15) is 6.29 Å². The van der Waals surface area contributed by atoms with E-state index in [9.17, 15) is 4.79 Å². The Balaban J connectivity index is 2.19.